The van der Waals surface area contributed by atoms with Crippen LogP contribution in [-0.2, 0) is 6.42 Å². The summed E-state index contributed by atoms with van der Waals surface area (Å²) in [4.78, 5) is 0. The summed E-state index contributed by atoms with van der Waals surface area (Å²) < 4.78 is 1.96. The number of hydrogen-bond acceptors (Lipinski definition) is 2. The Kier molecular flexibility index (Phi) is 2.87. The highest BCUT2D eigenvalue weighted by Gasteiger charge is 2.03. The third kappa shape index (κ3) is 2.34. The van der Waals surface area contributed by atoms with E-state index in [0.29, 0.717) is 6.04 Å². The van der Waals surface area contributed by atoms with Crippen molar-refractivity contribution >= 4 is 0 Å². The lowest BCUT2D eigenvalue weighted by Crippen LogP contribution is -2.18. The molecule has 0 radical (unpaired) electrons. The van der Waals surface area contributed by atoms with Crippen molar-refractivity contribution in [2.75, 3.05) is 0 Å². The van der Waals surface area contributed by atoms with Crippen LogP contribution in [0.4, 0.5) is 0 Å². The van der Waals surface area contributed by atoms with Crippen molar-refractivity contribution in [3.8, 4) is 0 Å². The molecule has 1 unspecified atom stereocenters. The molecule has 0 aliphatic heterocycles. The molecule has 3 nitrogen and oxygen atoms in total. The maximum absolute atomic E-state index is 5.66. The standard InChI is InChI=1S/C9H17N3/c1-7(2)12-5-4-9(11-12)6-8(3)10/h4-5,7-8H,6,10H2,1-3H3. The highest BCUT2D eigenvalue weighted by molar-refractivity contribution is 5.01. The van der Waals surface area contributed by atoms with Gasteiger partial charge >= 0.3 is 0 Å². The molecule has 1 rings (SSSR count). The minimum Gasteiger partial charge on any atom is -0.328 e. The molecule has 0 aliphatic rings. The molecule has 1 heterocycles. The number of nitrogens with two attached hydrogens (primary N) is 1. The molecule has 1 aromatic rings. The summed E-state index contributed by atoms with van der Waals surface area (Å²) in [5, 5.41) is 4.39. The van der Waals surface area contributed by atoms with Crippen LogP contribution in [0.5, 0.6) is 0 Å². The fraction of sp³-hybridized carbons (Fsp3) is 0.667. The maximum atomic E-state index is 5.66. The Hall–Kier alpha value is -0.830. The summed E-state index contributed by atoms with van der Waals surface area (Å²) in [5.74, 6) is 0. The normalized spacial score (nSPS) is 13.8. The zero-order chi connectivity index (χ0) is 9.14. The SMILES string of the molecule is CC(N)Cc1ccn(C(C)C)n1. The first-order chi connectivity index (χ1) is 5.59. The Labute approximate surface area is 73.6 Å². The van der Waals surface area contributed by atoms with Crippen LogP contribution in [-0.4, -0.2) is 15.8 Å². The van der Waals surface area contributed by atoms with Gasteiger partial charge in [0.1, 0.15) is 0 Å². The third-order valence-corrected chi connectivity index (χ3v) is 1.72. The van der Waals surface area contributed by atoms with Crippen LogP contribution >= 0.6 is 0 Å². The lowest BCUT2D eigenvalue weighted by atomic mass is 10.2. The van der Waals surface area contributed by atoms with Crippen molar-refractivity contribution in [3.63, 3.8) is 0 Å². The average Bonchev–Trinajstić information content (AvgIpc) is 2.34. The Morgan fingerprint density at radius 1 is 1.50 bits per heavy atom. The molecule has 0 aromatic carbocycles. The molecule has 1 aromatic heterocycles. The molecule has 0 saturated carbocycles. The molecule has 1 atom stereocenters. The van der Waals surface area contributed by atoms with E-state index in [-0.39, 0.29) is 6.04 Å². The molecular weight excluding hydrogens is 150 g/mol. The van der Waals surface area contributed by atoms with E-state index in [1.54, 1.807) is 0 Å². The summed E-state index contributed by atoms with van der Waals surface area (Å²) >= 11 is 0. The van der Waals surface area contributed by atoms with Gasteiger partial charge in [-0.1, -0.05) is 0 Å². The second-order valence-electron chi connectivity index (χ2n) is 3.56. The van der Waals surface area contributed by atoms with Gasteiger partial charge in [-0.25, -0.2) is 0 Å². The summed E-state index contributed by atoms with van der Waals surface area (Å²) in [6.07, 6.45) is 2.86. The van der Waals surface area contributed by atoms with Gasteiger partial charge in [0.05, 0.1) is 5.69 Å². The maximum Gasteiger partial charge on any atom is 0.0640 e. The zero-order valence-electron chi connectivity index (χ0n) is 7.99. The molecule has 68 valence electrons. The molecule has 0 fully saturated rings. The average molecular weight is 167 g/mol. The number of nitrogens with zero attached hydrogens (tertiary/aromatic N) is 2. The minimum absolute atomic E-state index is 0.195. The van der Waals surface area contributed by atoms with Crippen LogP contribution in [0, 0.1) is 0 Å². The monoisotopic (exact) mass is 167 g/mol. The second kappa shape index (κ2) is 3.72. The van der Waals surface area contributed by atoms with E-state index in [1.807, 2.05) is 23.9 Å². The van der Waals surface area contributed by atoms with E-state index in [1.165, 1.54) is 0 Å². The van der Waals surface area contributed by atoms with Gasteiger partial charge in [-0.2, -0.15) is 5.10 Å². The van der Waals surface area contributed by atoms with E-state index in [2.05, 4.69) is 18.9 Å². The van der Waals surface area contributed by atoms with Crippen molar-refractivity contribution < 1.29 is 0 Å². The largest absolute Gasteiger partial charge is 0.328 e. The van der Waals surface area contributed by atoms with Gasteiger partial charge in [0.25, 0.3) is 0 Å². The van der Waals surface area contributed by atoms with E-state index in [4.69, 9.17) is 5.73 Å². The first-order valence-corrected chi connectivity index (χ1v) is 4.39. The smallest absolute Gasteiger partial charge is 0.0640 e. The van der Waals surface area contributed by atoms with Gasteiger partial charge < -0.3 is 5.73 Å². The van der Waals surface area contributed by atoms with Gasteiger partial charge in [0.15, 0.2) is 0 Å². The molecule has 0 bridgehead atoms. The van der Waals surface area contributed by atoms with Crippen LogP contribution in [0.3, 0.4) is 0 Å². The molecule has 0 amide bonds. The Balaban J connectivity index is 2.64. The first-order valence-electron chi connectivity index (χ1n) is 4.39. The van der Waals surface area contributed by atoms with Gasteiger partial charge in [-0.3, -0.25) is 4.68 Å². The quantitative estimate of drug-likeness (QED) is 0.738. The predicted octanol–water partition coefficient (Wildman–Crippen LogP) is 1.35. The van der Waals surface area contributed by atoms with Gasteiger partial charge in [0.2, 0.25) is 0 Å². The van der Waals surface area contributed by atoms with Crippen molar-refractivity contribution in [2.24, 2.45) is 5.73 Å². The third-order valence-electron chi connectivity index (χ3n) is 1.72. The van der Waals surface area contributed by atoms with E-state index in [0.717, 1.165) is 12.1 Å². The van der Waals surface area contributed by atoms with Crippen LogP contribution < -0.4 is 5.73 Å². The zero-order valence-corrected chi connectivity index (χ0v) is 7.99. The van der Waals surface area contributed by atoms with Crippen molar-refractivity contribution in [1.82, 2.24) is 9.78 Å². The highest BCUT2D eigenvalue weighted by atomic mass is 15.3. The van der Waals surface area contributed by atoms with Crippen LogP contribution in [0.25, 0.3) is 0 Å². The van der Waals surface area contributed by atoms with E-state index < -0.39 is 0 Å². The molecule has 12 heavy (non-hydrogen) atoms. The lowest BCUT2D eigenvalue weighted by Gasteiger charge is -2.04. The number of hydrogen-bond donors (Lipinski definition) is 1. The minimum atomic E-state index is 0.195. The highest BCUT2D eigenvalue weighted by Crippen LogP contribution is 2.05. The Morgan fingerprint density at radius 2 is 2.17 bits per heavy atom. The van der Waals surface area contributed by atoms with Crippen molar-refractivity contribution in [1.29, 1.82) is 0 Å². The lowest BCUT2D eigenvalue weighted by molar-refractivity contribution is 0.523. The van der Waals surface area contributed by atoms with Crippen molar-refractivity contribution in [3.05, 3.63) is 18.0 Å². The number of rotatable bonds is 3. The summed E-state index contributed by atoms with van der Waals surface area (Å²) in [7, 11) is 0. The molecule has 3 heteroatoms. The summed E-state index contributed by atoms with van der Waals surface area (Å²) in [6.45, 7) is 6.22. The second-order valence-corrected chi connectivity index (χ2v) is 3.56. The molecular formula is C9H17N3. The fourth-order valence-corrected chi connectivity index (χ4v) is 1.10. The topological polar surface area (TPSA) is 43.8 Å². The summed E-state index contributed by atoms with van der Waals surface area (Å²) in [5.41, 5.74) is 6.74. The molecule has 0 saturated heterocycles. The van der Waals surface area contributed by atoms with E-state index >= 15 is 0 Å². The van der Waals surface area contributed by atoms with Gasteiger partial charge in [-0.05, 0) is 26.8 Å². The predicted molar refractivity (Wildman–Crippen MR) is 50.0 cm³/mol. The first kappa shape index (κ1) is 9.26. The Morgan fingerprint density at radius 3 is 2.58 bits per heavy atom. The van der Waals surface area contributed by atoms with Crippen LogP contribution in [0.15, 0.2) is 12.3 Å². The fourth-order valence-electron chi connectivity index (χ4n) is 1.10. The van der Waals surface area contributed by atoms with Crippen LogP contribution in [0.2, 0.25) is 0 Å². The van der Waals surface area contributed by atoms with Crippen LogP contribution in [0.1, 0.15) is 32.5 Å². The molecule has 0 spiro atoms. The molecule has 2 N–H and O–H groups in total. The van der Waals surface area contributed by atoms with Gasteiger partial charge in [-0.15, -0.1) is 0 Å². The Bertz CT molecular complexity index is 238. The molecule has 0 aliphatic carbocycles. The summed E-state index contributed by atoms with van der Waals surface area (Å²) in [6, 6.07) is 2.66. The van der Waals surface area contributed by atoms with Crippen molar-refractivity contribution in [2.45, 2.75) is 39.3 Å². The number of aromatic nitrogens is 2. The van der Waals surface area contributed by atoms with Gasteiger partial charge in [0, 0.05) is 24.7 Å². The van der Waals surface area contributed by atoms with E-state index in [9.17, 15) is 0 Å².